The van der Waals surface area contributed by atoms with E-state index in [0.717, 1.165) is 17.8 Å². The fraction of sp³-hybridized carbons (Fsp3) is 0.643. The average Bonchev–Trinajstić information content (AvgIpc) is 2.75. The molecule has 1 saturated heterocycles. The van der Waals surface area contributed by atoms with Crippen LogP contribution < -0.4 is 5.32 Å². The first-order valence-corrected chi connectivity index (χ1v) is 6.87. The van der Waals surface area contributed by atoms with Gasteiger partial charge in [0.15, 0.2) is 0 Å². The topological polar surface area (TPSA) is 67.4 Å². The van der Waals surface area contributed by atoms with E-state index in [1.54, 1.807) is 11.1 Å². The second-order valence-corrected chi connectivity index (χ2v) is 6.17. The van der Waals surface area contributed by atoms with Gasteiger partial charge in [-0.25, -0.2) is 4.79 Å². The predicted octanol–water partition coefficient (Wildman–Crippen LogP) is 2.21. The van der Waals surface area contributed by atoms with E-state index in [1.807, 2.05) is 33.8 Å². The first-order valence-electron chi connectivity index (χ1n) is 6.87. The summed E-state index contributed by atoms with van der Waals surface area (Å²) < 4.78 is 5.37. The van der Waals surface area contributed by atoms with Crippen molar-refractivity contribution in [1.29, 1.82) is 0 Å². The zero-order valence-electron chi connectivity index (χ0n) is 12.5. The maximum atomic E-state index is 12.0. The van der Waals surface area contributed by atoms with Gasteiger partial charge in [-0.05, 0) is 45.7 Å². The molecule has 110 valence electrons. The Kier molecular flexibility index (Phi) is 4.11. The van der Waals surface area contributed by atoms with E-state index in [0.29, 0.717) is 13.1 Å². The monoisotopic (exact) mass is 278 g/mol. The molecule has 0 bridgehead atoms. The lowest BCUT2D eigenvalue weighted by molar-refractivity contribution is 0.0293. The van der Waals surface area contributed by atoms with E-state index in [-0.39, 0.29) is 12.1 Å². The number of aryl methyl sites for hydroxylation is 1. The van der Waals surface area contributed by atoms with Gasteiger partial charge in [0, 0.05) is 19.1 Å². The Hall–Kier alpha value is -1.85. The molecule has 6 nitrogen and oxygen atoms in total. The maximum Gasteiger partial charge on any atom is 0.410 e. The van der Waals surface area contributed by atoms with Gasteiger partial charge in [-0.1, -0.05) is 0 Å². The van der Waals surface area contributed by atoms with E-state index in [9.17, 15) is 4.79 Å². The summed E-state index contributed by atoms with van der Waals surface area (Å²) >= 11 is 0. The third-order valence-corrected chi connectivity index (χ3v) is 2.98. The van der Waals surface area contributed by atoms with E-state index in [4.69, 9.17) is 4.74 Å². The SMILES string of the molecule is Cc1cnnc(N[C@@H]2CCN(C(=O)OC(C)(C)C)C2)c1. The minimum absolute atomic E-state index is 0.193. The Labute approximate surface area is 119 Å². The third kappa shape index (κ3) is 4.08. The molecule has 0 saturated carbocycles. The molecule has 20 heavy (non-hydrogen) atoms. The van der Waals surface area contributed by atoms with Gasteiger partial charge in [0.05, 0.1) is 6.20 Å². The summed E-state index contributed by atoms with van der Waals surface area (Å²) in [6.07, 6.45) is 2.35. The summed E-state index contributed by atoms with van der Waals surface area (Å²) in [6.45, 7) is 8.93. The molecule has 1 amide bonds. The zero-order valence-corrected chi connectivity index (χ0v) is 12.5. The molecule has 2 rings (SSSR count). The molecule has 0 spiro atoms. The number of nitrogens with one attached hydrogen (secondary N) is 1. The Bertz CT molecular complexity index is 484. The van der Waals surface area contributed by atoms with Crippen LogP contribution in [-0.2, 0) is 4.74 Å². The Balaban J connectivity index is 1.88. The molecule has 1 aromatic heterocycles. The summed E-state index contributed by atoms with van der Waals surface area (Å²) in [5.41, 5.74) is 0.606. The molecule has 0 radical (unpaired) electrons. The first-order chi connectivity index (χ1) is 9.33. The van der Waals surface area contributed by atoms with Gasteiger partial charge in [-0.15, -0.1) is 5.10 Å². The zero-order chi connectivity index (χ0) is 14.8. The number of carbonyl (C=O) groups excluding carboxylic acids is 1. The third-order valence-electron chi connectivity index (χ3n) is 2.98. The van der Waals surface area contributed by atoms with Gasteiger partial charge in [-0.2, -0.15) is 5.10 Å². The van der Waals surface area contributed by atoms with Gasteiger partial charge < -0.3 is 15.0 Å². The largest absolute Gasteiger partial charge is 0.444 e. The number of nitrogens with zero attached hydrogens (tertiary/aromatic N) is 3. The lowest BCUT2D eigenvalue weighted by Gasteiger charge is -2.24. The van der Waals surface area contributed by atoms with Crippen LogP contribution in [0, 0.1) is 6.92 Å². The van der Waals surface area contributed by atoms with E-state index < -0.39 is 5.60 Å². The van der Waals surface area contributed by atoms with Crippen LogP contribution in [0.2, 0.25) is 0 Å². The summed E-state index contributed by atoms with van der Waals surface area (Å²) in [6, 6.07) is 2.14. The maximum absolute atomic E-state index is 12.0. The van der Waals surface area contributed by atoms with Gasteiger partial charge in [0.2, 0.25) is 0 Å². The molecule has 1 N–H and O–H groups in total. The van der Waals surface area contributed by atoms with Gasteiger partial charge >= 0.3 is 6.09 Å². The van der Waals surface area contributed by atoms with Crippen molar-refractivity contribution < 1.29 is 9.53 Å². The Morgan fingerprint density at radius 1 is 1.50 bits per heavy atom. The average molecular weight is 278 g/mol. The molecule has 1 aliphatic rings. The first kappa shape index (κ1) is 14.6. The normalized spacial score (nSPS) is 19.0. The van der Waals surface area contributed by atoms with Crippen LogP contribution in [0.15, 0.2) is 12.3 Å². The smallest absolute Gasteiger partial charge is 0.410 e. The van der Waals surface area contributed by atoms with Gasteiger partial charge in [0.1, 0.15) is 11.4 Å². The minimum Gasteiger partial charge on any atom is -0.444 e. The number of aromatic nitrogens is 2. The van der Waals surface area contributed by atoms with Crippen molar-refractivity contribution in [3.63, 3.8) is 0 Å². The lowest BCUT2D eigenvalue weighted by atomic mass is 10.2. The van der Waals surface area contributed by atoms with Crippen LogP contribution in [0.25, 0.3) is 0 Å². The molecular weight excluding hydrogens is 256 g/mol. The van der Waals surface area contributed by atoms with Crippen LogP contribution in [-0.4, -0.2) is 45.9 Å². The lowest BCUT2D eigenvalue weighted by Crippen LogP contribution is -2.36. The fourth-order valence-corrected chi connectivity index (χ4v) is 2.11. The van der Waals surface area contributed by atoms with Crippen molar-refractivity contribution >= 4 is 11.9 Å². The molecular formula is C14H22N4O2. The van der Waals surface area contributed by atoms with Crippen LogP contribution in [0.3, 0.4) is 0 Å². The Morgan fingerprint density at radius 3 is 2.90 bits per heavy atom. The number of ether oxygens (including phenoxy) is 1. The van der Waals surface area contributed by atoms with E-state index in [2.05, 4.69) is 15.5 Å². The van der Waals surface area contributed by atoms with Crippen LogP contribution in [0.4, 0.5) is 10.6 Å². The number of carbonyl (C=O) groups is 1. The quantitative estimate of drug-likeness (QED) is 0.898. The van der Waals surface area contributed by atoms with Crippen molar-refractivity contribution in [2.75, 3.05) is 18.4 Å². The molecule has 0 aliphatic carbocycles. The van der Waals surface area contributed by atoms with Crippen molar-refractivity contribution in [2.45, 2.75) is 45.8 Å². The molecule has 1 aromatic rings. The van der Waals surface area contributed by atoms with Crippen molar-refractivity contribution in [2.24, 2.45) is 0 Å². The number of anilines is 1. The number of hydrogen-bond acceptors (Lipinski definition) is 5. The number of rotatable bonds is 2. The molecule has 2 heterocycles. The van der Waals surface area contributed by atoms with Crippen LogP contribution in [0.1, 0.15) is 32.8 Å². The summed E-state index contributed by atoms with van der Waals surface area (Å²) in [4.78, 5) is 13.7. The molecule has 6 heteroatoms. The summed E-state index contributed by atoms with van der Waals surface area (Å²) in [5.74, 6) is 0.751. The highest BCUT2D eigenvalue weighted by Crippen LogP contribution is 2.17. The highest BCUT2D eigenvalue weighted by molar-refractivity contribution is 5.68. The number of amides is 1. The molecule has 0 aromatic carbocycles. The number of hydrogen-bond donors (Lipinski definition) is 1. The highest BCUT2D eigenvalue weighted by Gasteiger charge is 2.29. The van der Waals surface area contributed by atoms with E-state index >= 15 is 0 Å². The van der Waals surface area contributed by atoms with Crippen molar-refractivity contribution in [3.8, 4) is 0 Å². The summed E-state index contributed by atoms with van der Waals surface area (Å²) in [7, 11) is 0. The summed E-state index contributed by atoms with van der Waals surface area (Å²) in [5, 5.41) is 11.3. The van der Waals surface area contributed by atoms with Gasteiger partial charge in [0.25, 0.3) is 0 Å². The highest BCUT2D eigenvalue weighted by atomic mass is 16.6. The van der Waals surface area contributed by atoms with Crippen LogP contribution in [0.5, 0.6) is 0 Å². The second-order valence-electron chi connectivity index (χ2n) is 6.17. The standard InChI is InChI=1S/C14H22N4O2/c1-10-7-12(17-15-8-10)16-11-5-6-18(9-11)13(19)20-14(2,3)4/h7-8,11H,5-6,9H2,1-4H3,(H,16,17)/t11-/m1/s1. The van der Waals surface area contributed by atoms with Crippen molar-refractivity contribution in [3.05, 3.63) is 17.8 Å². The van der Waals surface area contributed by atoms with Gasteiger partial charge in [-0.3, -0.25) is 0 Å². The minimum atomic E-state index is -0.454. The van der Waals surface area contributed by atoms with Crippen molar-refractivity contribution in [1.82, 2.24) is 15.1 Å². The predicted molar refractivity (Wildman–Crippen MR) is 76.6 cm³/mol. The molecule has 0 unspecified atom stereocenters. The fourth-order valence-electron chi connectivity index (χ4n) is 2.11. The molecule has 1 aliphatic heterocycles. The van der Waals surface area contributed by atoms with Crippen LogP contribution >= 0.6 is 0 Å². The van der Waals surface area contributed by atoms with E-state index in [1.165, 1.54) is 0 Å². The Morgan fingerprint density at radius 2 is 2.25 bits per heavy atom. The number of likely N-dealkylation sites (tertiary alicyclic amines) is 1. The second kappa shape index (κ2) is 5.64. The molecule has 1 fully saturated rings. The molecule has 1 atom stereocenters.